The summed E-state index contributed by atoms with van der Waals surface area (Å²) in [6.45, 7) is 3.60. The molecule has 0 aliphatic heterocycles. The maximum Gasteiger partial charge on any atom is 0.261 e. The maximum atomic E-state index is 13.0. The summed E-state index contributed by atoms with van der Waals surface area (Å²) < 4.78 is 40.7. The standard InChI is InChI=1S/C21H19FN2O3S/c1-14-7-12-18(28(26,27)24-17-10-8-16(22)9-11-17)13-19(14)21(25)23-20-6-4-3-5-15(20)2/h3-13,24H,1-2H3,(H,23,25). The number of carbonyl (C=O) groups excluding carboxylic acids is 1. The van der Waals surface area contributed by atoms with Crippen LogP contribution in [0, 0.1) is 19.7 Å². The molecule has 144 valence electrons. The first-order valence-corrected chi connectivity index (χ1v) is 10.0. The molecule has 0 bridgehead atoms. The summed E-state index contributed by atoms with van der Waals surface area (Å²) in [4.78, 5) is 12.6. The van der Waals surface area contributed by atoms with Crippen LogP contribution in [0.2, 0.25) is 0 Å². The third-order valence-electron chi connectivity index (χ3n) is 4.25. The van der Waals surface area contributed by atoms with Crippen LogP contribution in [0.15, 0.2) is 71.6 Å². The van der Waals surface area contributed by atoms with E-state index in [0.29, 0.717) is 11.3 Å². The minimum atomic E-state index is -3.93. The number of aryl methyl sites for hydroxylation is 2. The SMILES string of the molecule is Cc1ccccc1NC(=O)c1cc(S(=O)(=O)Nc2ccc(F)cc2)ccc1C. The predicted molar refractivity (Wildman–Crippen MR) is 108 cm³/mol. The molecule has 3 aromatic carbocycles. The van der Waals surface area contributed by atoms with Crippen molar-refractivity contribution in [2.45, 2.75) is 18.7 Å². The van der Waals surface area contributed by atoms with Crippen LogP contribution in [0.25, 0.3) is 0 Å². The van der Waals surface area contributed by atoms with Crippen molar-refractivity contribution in [2.24, 2.45) is 0 Å². The molecule has 0 spiro atoms. The van der Waals surface area contributed by atoms with Crippen LogP contribution >= 0.6 is 0 Å². The van der Waals surface area contributed by atoms with Crippen LogP contribution in [0.5, 0.6) is 0 Å². The number of amides is 1. The van der Waals surface area contributed by atoms with E-state index in [1.165, 1.54) is 24.3 Å². The Kier molecular flexibility index (Phi) is 5.46. The number of rotatable bonds is 5. The molecule has 0 saturated heterocycles. The molecule has 3 aromatic rings. The largest absolute Gasteiger partial charge is 0.322 e. The highest BCUT2D eigenvalue weighted by Crippen LogP contribution is 2.21. The molecule has 0 aliphatic rings. The Morgan fingerprint density at radius 3 is 2.25 bits per heavy atom. The van der Waals surface area contributed by atoms with Gasteiger partial charge in [0.2, 0.25) is 0 Å². The van der Waals surface area contributed by atoms with Crippen molar-refractivity contribution >= 4 is 27.3 Å². The second-order valence-corrected chi connectivity index (χ2v) is 8.04. The average molecular weight is 398 g/mol. The molecule has 0 aromatic heterocycles. The molecule has 3 rings (SSSR count). The Bertz CT molecular complexity index is 1130. The van der Waals surface area contributed by atoms with Gasteiger partial charge in [0, 0.05) is 16.9 Å². The lowest BCUT2D eigenvalue weighted by atomic mass is 10.1. The van der Waals surface area contributed by atoms with E-state index < -0.39 is 21.7 Å². The second kappa shape index (κ2) is 7.82. The van der Waals surface area contributed by atoms with Gasteiger partial charge >= 0.3 is 0 Å². The van der Waals surface area contributed by atoms with Crippen molar-refractivity contribution < 1.29 is 17.6 Å². The van der Waals surface area contributed by atoms with Gasteiger partial charge in [0.1, 0.15) is 5.82 Å². The number of para-hydroxylation sites is 1. The van der Waals surface area contributed by atoms with Crippen LogP contribution in [0.1, 0.15) is 21.5 Å². The average Bonchev–Trinajstić information content (AvgIpc) is 2.65. The first-order valence-electron chi connectivity index (χ1n) is 8.52. The number of sulfonamides is 1. The number of benzene rings is 3. The molecule has 0 aliphatic carbocycles. The zero-order chi connectivity index (χ0) is 20.3. The third kappa shape index (κ3) is 4.37. The van der Waals surface area contributed by atoms with E-state index in [1.54, 1.807) is 19.1 Å². The van der Waals surface area contributed by atoms with E-state index in [2.05, 4.69) is 10.0 Å². The third-order valence-corrected chi connectivity index (χ3v) is 5.63. The quantitative estimate of drug-likeness (QED) is 0.665. The van der Waals surface area contributed by atoms with Gasteiger partial charge in [-0.05, 0) is 67.4 Å². The monoisotopic (exact) mass is 398 g/mol. The molecule has 0 unspecified atom stereocenters. The Morgan fingerprint density at radius 1 is 0.893 bits per heavy atom. The van der Waals surface area contributed by atoms with Crippen LogP contribution in [0.4, 0.5) is 15.8 Å². The number of carbonyl (C=O) groups is 1. The van der Waals surface area contributed by atoms with E-state index in [4.69, 9.17) is 0 Å². The Morgan fingerprint density at radius 2 is 1.57 bits per heavy atom. The molecule has 7 heteroatoms. The van der Waals surface area contributed by atoms with Crippen LogP contribution in [-0.4, -0.2) is 14.3 Å². The summed E-state index contributed by atoms with van der Waals surface area (Å²) in [5, 5.41) is 2.81. The Hall–Kier alpha value is -3.19. The number of nitrogens with one attached hydrogen (secondary N) is 2. The lowest BCUT2D eigenvalue weighted by molar-refractivity contribution is 0.102. The van der Waals surface area contributed by atoms with E-state index in [-0.39, 0.29) is 16.1 Å². The zero-order valence-corrected chi connectivity index (χ0v) is 16.2. The summed E-state index contributed by atoms with van der Waals surface area (Å²) in [6.07, 6.45) is 0. The zero-order valence-electron chi connectivity index (χ0n) is 15.4. The molecular weight excluding hydrogens is 379 g/mol. The molecule has 0 atom stereocenters. The minimum absolute atomic E-state index is 0.0580. The molecule has 1 amide bonds. The number of halogens is 1. The number of anilines is 2. The van der Waals surface area contributed by atoms with Gasteiger partial charge in [0.05, 0.1) is 4.90 Å². The summed E-state index contributed by atoms with van der Waals surface area (Å²) in [6, 6.07) is 16.6. The van der Waals surface area contributed by atoms with Gasteiger partial charge in [0.15, 0.2) is 0 Å². The van der Waals surface area contributed by atoms with Crippen molar-refractivity contribution in [3.63, 3.8) is 0 Å². The molecule has 5 nitrogen and oxygen atoms in total. The van der Waals surface area contributed by atoms with Gasteiger partial charge in [-0.1, -0.05) is 24.3 Å². The van der Waals surface area contributed by atoms with Crippen molar-refractivity contribution in [3.8, 4) is 0 Å². The predicted octanol–water partition coefficient (Wildman–Crippen LogP) is 4.50. The van der Waals surface area contributed by atoms with E-state index >= 15 is 0 Å². The maximum absolute atomic E-state index is 13.0. The summed E-state index contributed by atoms with van der Waals surface area (Å²) >= 11 is 0. The smallest absolute Gasteiger partial charge is 0.261 e. The molecule has 0 saturated carbocycles. The van der Waals surface area contributed by atoms with Crippen molar-refractivity contribution in [1.82, 2.24) is 0 Å². The van der Waals surface area contributed by atoms with Gasteiger partial charge < -0.3 is 5.32 Å². The van der Waals surface area contributed by atoms with E-state index in [1.807, 2.05) is 25.1 Å². The minimum Gasteiger partial charge on any atom is -0.322 e. The highest BCUT2D eigenvalue weighted by atomic mass is 32.2. The van der Waals surface area contributed by atoms with Gasteiger partial charge in [0.25, 0.3) is 15.9 Å². The first-order chi connectivity index (χ1) is 13.3. The van der Waals surface area contributed by atoms with E-state index in [0.717, 1.165) is 17.7 Å². The molecule has 28 heavy (non-hydrogen) atoms. The van der Waals surface area contributed by atoms with Gasteiger partial charge in [-0.2, -0.15) is 0 Å². The van der Waals surface area contributed by atoms with Crippen LogP contribution in [-0.2, 0) is 10.0 Å². The first kappa shape index (κ1) is 19.6. The molecular formula is C21H19FN2O3S. The van der Waals surface area contributed by atoms with Crippen molar-refractivity contribution in [3.05, 3.63) is 89.2 Å². The molecule has 0 fully saturated rings. The number of hydrogen-bond donors (Lipinski definition) is 2. The Balaban J connectivity index is 1.89. The second-order valence-electron chi connectivity index (χ2n) is 6.36. The highest BCUT2D eigenvalue weighted by Gasteiger charge is 2.19. The van der Waals surface area contributed by atoms with Crippen molar-refractivity contribution in [1.29, 1.82) is 0 Å². The molecule has 0 heterocycles. The molecule has 2 N–H and O–H groups in total. The van der Waals surface area contributed by atoms with Crippen molar-refractivity contribution in [2.75, 3.05) is 10.0 Å². The lowest BCUT2D eigenvalue weighted by Gasteiger charge is -2.13. The Labute approximate surface area is 163 Å². The van der Waals surface area contributed by atoms with E-state index in [9.17, 15) is 17.6 Å². The fourth-order valence-corrected chi connectivity index (χ4v) is 3.73. The topological polar surface area (TPSA) is 75.3 Å². The normalized spacial score (nSPS) is 11.1. The lowest BCUT2D eigenvalue weighted by Crippen LogP contribution is -2.17. The van der Waals surface area contributed by atoms with Crippen LogP contribution < -0.4 is 10.0 Å². The fraction of sp³-hybridized carbons (Fsp3) is 0.0952. The summed E-state index contributed by atoms with van der Waals surface area (Å²) in [5.74, 6) is -0.862. The molecule has 0 radical (unpaired) electrons. The van der Waals surface area contributed by atoms with Gasteiger partial charge in [-0.3, -0.25) is 9.52 Å². The fourth-order valence-electron chi connectivity index (χ4n) is 2.65. The van der Waals surface area contributed by atoms with Gasteiger partial charge in [-0.25, -0.2) is 12.8 Å². The summed E-state index contributed by atoms with van der Waals surface area (Å²) in [7, 11) is -3.93. The van der Waals surface area contributed by atoms with Crippen LogP contribution in [0.3, 0.4) is 0 Å². The summed E-state index contributed by atoms with van der Waals surface area (Å²) in [5.41, 5.74) is 2.68. The number of hydrogen-bond acceptors (Lipinski definition) is 3. The highest BCUT2D eigenvalue weighted by molar-refractivity contribution is 7.92. The van der Waals surface area contributed by atoms with Gasteiger partial charge in [-0.15, -0.1) is 0 Å².